The Balaban J connectivity index is 1.72. The molecule has 4 heteroatoms. The van der Waals surface area contributed by atoms with E-state index in [1.54, 1.807) is 0 Å². The van der Waals surface area contributed by atoms with Crippen molar-refractivity contribution >= 4 is 11.8 Å². The summed E-state index contributed by atoms with van der Waals surface area (Å²) < 4.78 is 0. The Labute approximate surface area is 169 Å². The lowest BCUT2D eigenvalue weighted by Crippen LogP contribution is -2.59. The van der Waals surface area contributed by atoms with Gasteiger partial charge in [0.05, 0.1) is 11.5 Å². The summed E-state index contributed by atoms with van der Waals surface area (Å²) in [5.41, 5.74) is -0.671. The number of aliphatic hydroxyl groups is 1. The molecule has 0 heterocycles. The maximum Gasteiger partial charge on any atom is 0.306 e. The number of carboxylic acid groups (broad SMARTS) is 1. The van der Waals surface area contributed by atoms with Gasteiger partial charge in [-0.25, -0.2) is 0 Å². The second kappa shape index (κ2) is 6.55. The lowest BCUT2D eigenvalue weighted by atomic mass is 9.41. The van der Waals surface area contributed by atoms with Crippen LogP contribution >= 0.6 is 0 Å². The van der Waals surface area contributed by atoms with E-state index in [1.165, 1.54) is 0 Å². The predicted molar refractivity (Wildman–Crippen MR) is 108 cm³/mol. The molecule has 4 fully saturated rings. The number of aliphatic carboxylic acids is 1. The first-order valence-corrected chi connectivity index (χ1v) is 11.5. The van der Waals surface area contributed by atoms with Crippen LogP contribution < -0.4 is 0 Å². The van der Waals surface area contributed by atoms with Crippen LogP contribution in [-0.2, 0) is 9.59 Å². The van der Waals surface area contributed by atoms with Crippen molar-refractivity contribution in [3.8, 4) is 0 Å². The molecule has 158 valence electrons. The summed E-state index contributed by atoms with van der Waals surface area (Å²) in [5, 5.41) is 21.0. The molecule has 4 rings (SSSR count). The fraction of sp³-hybridized carbons (Fsp3) is 0.917. The van der Waals surface area contributed by atoms with Gasteiger partial charge in [-0.05, 0) is 92.3 Å². The lowest BCUT2D eigenvalue weighted by Gasteiger charge is -2.63. The summed E-state index contributed by atoms with van der Waals surface area (Å²) >= 11 is 0. The highest BCUT2D eigenvalue weighted by molar-refractivity contribution is 5.81. The average Bonchev–Trinajstić information content (AvgIpc) is 2.86. The number of Topliss-reactive ketones (excluding diaryl/α,β-unsaturated/α-hetero) is 1. The highest BCUT2D eigenvalue weighted by Crippen LogP contribution is 2.69. The van der Waals surface area contributed by atoms with E-state index in [1.807, 2.05) is 13.8 Å². The summed E-state index contributed by atoms with van der Waals surface area (Å²) in [5.74, 6) is 1.00. The molecule has 4 unspecified atom stereocenters. The maximum atomic E-state index is 12.6. The topological polar surface area (TPSA) is 74.6 Å². The Kier molecular flexibility index (Phi) is 4.77. The second-order valence-electron chi connectivity index (χ2n) is 11.2. The van der Waals surface area contributed by atoms with Gasteiger partial charge in [-0.3, -0.25) is 9.59 Å². The van der Waals surface area contributed by atoms with E-state index in [-0.39, 0.29) is 22.5 Å². The number of carbonyl (C=O) groups is 2. The highest BCUT2D eigenvalue weighted by atomic mass is 16.4. The number of hydrogen-bond donors (Lipinski definition) is 2. The molecule has 0 saturated heterocycles. The molecule has 4 nitrogen and oxygen atoms in total. The summed E-state index contributed by atoms with van der Waals surface area (Å²) in [6.07, 6.45) is 7.95. The van der Waals surface area contributed by atoms with Crippen LogP contribution in [0.5, 0.6) is 0 Å². The van der Waals surface area contributed by atoms with E-state index in [0.29, 0.717) is 42.9 Å². The second-order valence-corrected chi connectivity index (χ2v) is 11.2. The Morgan fingerprint density at radius 2 is 1.75 bits per heavy atom. The van der Waals surface area contributed by atoms with Gasteiger partial charge < -0.3 is 10.2 Å². The van der Waals surface area contributed by atoms with Gasteiger partial charge >= 0.3 is 5.97 Å². The minimum Gasteiger partial charge on any atom is -0.481 e. The molecule has 28 heavy (non-hydrogen) atoms. The molecule has 0 amide bonds. The quantitative estimate of drug-likeness (QED) is 0.733. The van der Waals surface area contributed by atoms with Gasteiger partial charge in [0.25, 0.3) is 0 Å². The van der Waals surface area contributed by atoms with Gasteiger partial charge in [0.1, 0.15) is 5.78 Å². The third kappa shape index (κ3) is 2.58. The number of rotatable bonds is 3. The average molecular weight is 391 g/mol. The van der Waals surface area contributed by atoms with Gasteiger partial charge in [-0.15, -0.1) is 0 Å². The van der Waals surface area contributed by atoms with E-state index in [4.69, 9.17) is 0 Å². The predicted octanol–water partition coefficient (Wildman–Crippen LogP) is 4.69. The number of fused-ring (bicyclic) bond motifs is 5. The van der Waals surface area contributed by atoms with Crippen LogP contribution in [-0.4, -0.2) is 27.6 Å². The van der Waals surface area contributed by atoms with Crippen LogP contribution in [0.15, 0.2) is 0 Å². The Hall–Kier alpha value is -0.900. The molecule has 4 saturated carbocycles. The van der Waals surface area contributed by atoms with Gasteiger partial charge in [0, 0.05) is 12.8 Å². The molecule has 4 aliphatic rings. The summed E-state index contributed by atoms with van der Waals surface area (Å²) in [6, 6.07) is 0. The van der Waals surface area contributed by atoms with Gasteiger partial charge in [-0.2, -0.15) is 0 Å². The standard InChI is InChI=1S/C24H38O4/c1-5-16(21(26)27)20-13-15(25)12-14-6-7-17-18-9-11-23(3,28)22(18,2)10-8-19(17)24(14,20)4/h14,16-20,28H,5-13H2,1-4H3,(H,26,27)/t14?,16?,17-,18-,19-,20?,22-,23?,24-/m0/s1. The Morgan fingerprint density at radius 3 is 2.39 bits per heavy atom. The van der Waals surface area contributed by atoms with Crippen molar-refractivity contribution in [3.63, 3.8) is 0 Å². The van der Waals surface area contributed by atoms with Gasteiger partial charge in [0.15, 0.2) is 0 Å². The number of carbonyl (C=O) groups excluding carboxylic acids is 1. The van der Waals surface area contributed by atoms with Crippen molar-refractivity contribution in [2.45, 2.75) is 91.1 Å². The summed E-state index contributed by atoms with van der Waals surface area (Å²) in [4.78, 5) is 24.7. The normalized spacial score (nSPS) is 51.8. The molecule has 0 bridgehead atoms. The number of carboxylic acids is 1. The minimum atomic E-state index is -0.728. The molecule has 0 aromatic carbocycles. The SMILES string of the molecule is CCC(C(=O)O)C1CC(=O)CC2CC[C@@H]3[C@H](CC[C@@]4(C)[C@H]3CCC4(C)O)[C@]21C. The molecule has 4 aliphatic carbocycles. The van der Waals surface area contributed by atoms with Crippen molar-refractivity contribution < 1.29 is 19.8 Å². The Bertz CT molecular complexity index is 670. The first-order valence-electron chi connectivity index (χ1n) is 11.5. The molecule has 0 radical (unpaired) electrons. The zero-order valence-corrected chi connectivity index (χ0v) is 18.0. The molecule has 0 aromatic rings. The summed E-state index contributed by atoms with van der Waals surface area (Å²) in [6.45, 7) is 8.62. The smallest absolute Gasteiger partial charge is 0.306 e. The lowest BCUT2D eigenvalue weighted by molar-refractivity contribution is -0.179. The van der Waals surface area contributed by atoms with Crippen LogP contribution in [0.3, 0.4) is 0 Å². The zero-order valence-electron chi connectivity index (χ0n) is 18.0. The molecule has 0 aliphatic heterocycles. The van der Waals surface area contributed by atoms with E-state index in [2.05, 4.69) is 13.8 Å². The number of hydrogen-bond acceptors (Lipinski definition) is 3. The van der Waals surface area contributed by atoms with Crippen molar-refractivity contribution in [2.75, 3.05) is 0 Å². The fourth-order valence-corrected chi connectivity index (χ4v) is 8.64. The van der Waals surface area contributed by atoms with Crippen molar-refractivity contribution in [2.24, 2.45) is 46.3 Å². The number of ketones is 1. The largest absolute Gasteiger partial charge is 0.481 e. The van der Waals surface area contributed by atoms with E-state index < -0.39 is 17.5 Å². The minimum absolute atomic E-state index is 0.0195. The van der Waals surface area contributed by atoms with Crippen LogP contribution in [0.25, 0.3) is 0 Å². The first kappa shape index (κ1) is 20.4. The van der Waals surface area contributed by atoms with Crippen LogP contribution in [0.4, 0.5) is 0 Å². The van der Waals surface area contributed by atoms with Crippen molar-refractivity contribution in [3.05, 3.63) is 0 Å². The molecule has 2 N–H and O–H groups in total. The van der Waals surface area contributed by atoms with E-state index >= 15 is 0 Å². The highest BCUT2D eigenvalue weighted by Gasteiger charge is 2.65. The molecule has 0 spiro atoms. The first-order chi connectivity index (χ1) is 13.1. The molecule has 9 atom stereocenters. The zero-order chi connectivity index (χ0) is 20.5. The monoisotopic (exact) mass is 390 g/mol. The molecule has 0 aromatic heterocycles. The third-order valence-electron chi connectivity index (χ3n) is 10.5. The molecular weight excluding hydrogens is 352 g/mol. The van der Waals surface area contributed by atoms with Crippen LogP contribution in [0.1, 0.15) is 85.5 Å². The molecular formula is C24H38O4. The van der Waals surface area contributed by atoms with E-state index in [0.717, 1.165) is 38.5 Å². The fourth-order valence-electron chi connectivity index (χ4n) is 8.64. The Morgan fingerprint density at radius 1 is 1.07 bits per heavy atom. The van der Waals surface area contributed by atoms with Crippen LogP contribution in [0.2, 0.25) is 0 Å². The van der Waals surface area contributed by atoms with E-state index in [9.17, 15) is 19.8 Å². The van der Waals surface area contributed by atoms with Gasteiger partial charge in [-0.1, -0.05) is 20.8 Å². The van der Waals surface area contributed by atoms with Crippen molar-refractivity contribution in [1.29, 1.82) is 0 Å². The van der Waals surface area contributed by atoms with Gasteiger partial charge in [0.2, 0.25) is 0 Å². The third-order valence-corrected chi connectivity index (χ3v) is 10.5. The van der Waals surface area contributed by atoms with Crippen LogP contribution in [0, 0.1) is 46.3 Å². The summed E-state index contributed by atoms with van der Waals surface area (Å²) in [7, 11) is 0. The maximum absolute atomic E-state index is 12.6. The van der Waals surface area contributed by atoms with Crippen molar-refractivity contribution in [1.82, 2.24) is 0 Å².